The van der Waals surface area contributed by atoms with E-state index in [9.17, 15) is 19.7 Å². The SMILES string of the molecule is CCOC(=O)/C=c1\s/c(=C\c2cccc(Cl)c2)c(=O)n1Cc1cc([N+](=O)[O-])cc2c1OCOC2. The Morgan fingerprint density at radius 1 is 1.35 bits per heavy atom. The number of nitro benzene ring substituents is 1. The quantitative estimate of drug-likeness (QED) is 0.289. The number of thiazole rings is 1. The second-order valence-corrected chi connectivity index (χ2v) is 8.75. The smallest absolute Gasteiger partial charge is 0.333 e. The van der Waals surface area contributed by atoms with Crippen LogP contribution in [0.3, 0.4) is 0 Å². The summed E-state index contributed by atoms with van der Waals surface area (Å²) in [6, 6.07) is 9.75. The summed E-state index contributed by atoms with van der Waals surface area (Å²) in [5, 5.41) is 12.0. The molecule has 9 nitrogen and oxygen atoms in total. The van der Waals surface area contributed by atoms with Crippen LogP contribution in [0.25, 0.3) is 12.2 Å². The summed E-state index contributed by atoms with van der Waals surface area (Å²) in [5.74, 6) is -0.171. The Hall–Kier alpha value is -3.47. The molecule has 0 aliphatic carbocycles. The van der Waals surface area contributed by atoms with Crippen molar-refractivity contribution in [2.45, 2.75) is 20.1 Å². The predicted octanol–water partition coefficient (Wildman–Crippen LogP) is 2.56. The largest absolute Gasteiger partial charge is 0.467 e. The summed E-state index contributed by atoms with van der Waals surface area (Å²) in [5.41, 5.74) is 1.15. The van der Waals surface area contributed by atoms with E-state index in [4.69, 9.17) is 25.8 Å². The first-order valence-corrected chi connectivity index (χ1v) is 11.4. The van der Waals surface area contributed by atoms with Gasteiger partial charge < -0.3 is 14.2 Å². The Labute approximate surface area is 202 Å². The number of hydrogen-bond donors (Lipinski definition) is 0. The van der Waals surface area contributed by atoms with Crippen LogP contribution in [-0.2, 0) is 27.4 Å². The summed E-state index contributed by atoms with van der Waals surface area (Å²) in [7, 11) is 0. The summed E-state index contributed by atoms with van der Waals surface area (Å²) in [6.07, 6.45) is 2.91. The van der Waals surface area contributed by atoms with E-state index in [1.807, 2.05) is 0 Å². The molecule has 1 aliphatic heterocycles. The van der Waals surface area contributed by atoms with Gasteiger partial charge in [0.2, 0.25) is 0 Å². The van der Waals surface area contributed by atoms with Crippen molar-refractivity contribution in [1.82, 2.24) is 4.57 Å². The maximum Gasteiger partial charge on any atom is 0.333 e. The number of halogens is 1. The minimum atomic E-state index is -0.600. The third-order valence-corrected chi connectivity index (χ3v) is 6.22. The predicted molar refractivity (Wildman–Crippen MR) is 126 cm³/mol. The second kappa shape index (κ2) is 10.2. The molecule has 1 aromatic heterocycles. The highest BCUT2D eigenvalue weighted by Crippen LogP contribution is 2.32. The number of carbonyl (C=O) groups excluding carboxylic acids is 1. The lowest BCUT2D eigenvalue weighted by Crippen LogP contribution is -2.32. The molecule has 0 saturated heterocycles. The van der Waals surface area contributed by atoms with E-state index in [-0.39, 0.29) is 37.8 Å². The van der Waals surface area contributed by atoms with E-state index in [0.717, 1.165) is 11.3 Å². The molecule has 0 radical (unpaired) electrons. The molecule has 0 fully saturated rings. The van der Waals surface area contributed by atoms with E-state index in [1.165, 1.54) is 22.8 Å². The first kappa shape index (κ1) is 23.7. The molecule has 3 aromatic rings. The van der Waals surface area contributed by atoms with Gasteiger partial charge in [-0.15, -0.1) is 11.3 Å². The molecule has 34 heavy (non-hydrogen) atoms. The Balaban J connectivity index is 1.89. The number of carbonyl (C=O) groups is 1. The van der Waals surface area contributed by atoms with Gasteiger partial charge in [0.1, 0.15) is 10.4 Å². The molecule has 2 heterocycles. The number of hydrogen-bond acceptors (Lipinski definition) is 8. The highest BCUT2D eigenvalue weighted by molar-refractivity contribution is 7.07. The first-order chi connectivity index (χ1) is 16.4. The number of benzene rings is 2. The van der Waals surface area contributed by atoms with Crippen molar-refractivity contribution in [3.05, 3.63) is 87.8 Å². The molecule has 2 aromatic carbocycles. The van der Waals surface area contributed by atoms with Crippen molar-refractivity contribution in [2.24, 2.45) is 0 Å². The molecule has 0 bridgehead atoms. The van der Waals surface area contributed by atoms with Crippen LogP contribution in [0.15, 0.2) is 41.2 Å². The van der Waals surface area contributed by atoms with Crippen LogP contribution in [-0.4, -0.2) is 28.9 Å². The van der Waals surface area contributed by atoms with Crippen LogP contribution < -0.4 is 19.5 Å². The fraction of sp³-hybridized carbons (Fsp3) is 0.217. The average molecular weight is 503 g/mol. The second-order valence-electron chi connectivity index (χ2n) is 7.25. The van der Waals surface area contributed by atoms with E-state index >= 15 is 0 Å². The zero-order valence-electron chi connectivity index (χ0n) is 18.0. The number of non-ortho nitro benzene ring substituents is 1. The van der Waals surface area contributed by atoms with Gasteiger partial charge in [-0.25, -0.2) is 4.79 Å². The van der Waals surface area contributed by atoms with Gasteiger partial charge in [-0.05, 0) is 30.7 Å². The molecule has 176 valence electrons. The molecule has 0 amide bonds. The van der Waals surface area contributed by atoms with Crippen LogP contribution in [0.4, 0.5) is 5.69 Å². The number of fused-ring (bicyclic) bond motifs is 1. The Bertz CT molecular complexity index is 1440. The zero-order valence-corrected chi connectivity index (χ0v) is 19.6. The minimum Gasteiger partial charge on any atom is -0.467 e. The molecule has 0 spiro atoms. The number of rotatable bonds is 6. The van der Waals surface area contributed by atoms with Gasteiger partial charge in [-0.2, -0.15) is 0 Å². The normalized spacial score (nSPS) is 13.9. The van der Waals surface area contributed by atoms with Crippen LogP contribution in [0, 0.1) is 10.1 Å². The van der Waals surface area contributed by atoms with Gasteiger partial charge >= 0.3 is 5.97 Å². The summed E-state index contributed by atoms with van der Waals surface area (Å²) < 4.78 is 17.9. The third-order valence-electron chi connectivity index (χ3n) is 4.92. The summed E-state index contributed by atoms with van der Waals surface area (Å²) in [4.78, 5) is 36.5. The monoisotopic (exact) mass is 502 g/mol. The van der Waals surface area contributed by atoms with E-state index < -0.39 is 10.9 Å². The Morgan fingerprint density at radius 2 is 2.18 bits per heavy atom. The van der Waals surface area contributed by atoms with Crippen molar-refractivity contribution in [1.29, 1.82) is 0 Å². The fourth-order valence-electron chi connectivity index (χ4n) is 3.50. The standard InChI is InChI=1S/C23H19ClN2O7S/c1-2-32-21(27)10-20-25(23(28)19(34-20)7-14-4-3-5-17(24)6-14)11-15-8-18(26(29)30)9-16-12-31-13-33-22(15)16/h3-10H,2,11-13H2,1H3/b19-7-,20-10-. The molecular formula is C23H19ClN2O7S. The number of ether oxygens (including phenoxy) is 3. The zero-order chi connectivity index (χ0) is 24.2. The van der Waals surface area contributed by atoms with Crippen molar-refractivity contribution in [2.75, 3.05) is 13.4 Å². The van der Waals surface area contributed by atoms with Crippen LogP contribution in [0.1, 0.15) is 23.6 Å². The van der Waals surface area contributed by atoms with Crippen molar-refractivity contribution < 1.29 is 23.9 Å². The van der Waals surface area contributed by atoms with Gasteiger partial charge in [0, 0.05) is 28.3 Å². The lowest BCUT2D eigenvalue weighted by molar-refractivity contribution is -0.385. The average Bonchev–Trinajstić information content (AvgIpc) is 3.07. The minimum absolute atomic E-state index is 0.00799. The molecule has 0 atom stereocenters. The third kappa shape index (κ3) is 5.19. The Kier molecular flexibility index (Phi) is 7.11. The van der Waals surface area contributed by atoms with Crippen molar-refractivity contribution in [3.8, 4) is 5.75 Å². The van der Waals surface area contributed by atoms with E-state index in [0.29, 0.717) is 36.7 Å². The number of nitro groups is 1. The lowest BCUT2D eigenvalue weighted by Gasteiger charge is -2.20. The lowest BCUT2D eigenvalue weighted by atomic mass is 10.1. The molecule has 0 N–H and O–H groups in total. The number of aromatic nitrogens is 1. The highest BCUT2D eigenvalue weighted by atomic mass is 35.5. The molecule has 0 saturated carbocycles. The molecule has 0 unspecified atom stereocenters. The summed E-state index contributed by atoms with van der Waals surface area (Å²) >= 11 is 7.16. The van der Waals surface area contributed by atoms with Gasteiger partial charge in [0.05, 0.1) is 35.3 Å². The van der Waals surface area contributed by atoms with E-state index in [1.54, 1.807) is 37.3 Å². The maximum atomic E-state index is 13.3. The fourth-order valence-corrected chi connectivity index (χ4v) is 4.73. The van der Waals surface area contributed by atoms with Crippen molar-refractivity contribution in [3.63, 3.8) is 0 Å². The highest BCUT2D eigenvalue weighted by Gasteiger charge is 2.22. The topological polar surface area (TPSA) is 110 Å². The molecule has 11 heteroatoms. The van der Waals surface area contributed by atoms with Crippen LogP contribution in [0.5, 0.6) is 5.75 Å². The van der Waals surface area contributed by atoms with Crippen LogP contribution >= 0.6 is 22.9 Å². The molecular weight excluding hydrogens is 484 g/mol. The number of esters is 1. The van der Waals surface area contributed by atoms with Gasteiger partial charge in [-0.3, -0.25) is 19.5 Å². The van der Waals surface area contributed by atoms with E-state index in [2.05, 4.69) is 0 Å². The summed E-state index contributed by atoms with van der Waals surface area (Å²) in [6.45, 7) is 1.96. The van der Waals surface area contributed by atoms with Crippen molar-refractivity contribution >= 4 is 46.7 Å². The molecule has 4 rings (SSSR count). The van der Waals surface area contributed by atoms with Gasteiger partial charge in [-0.1, -0.05) is 23.7 Å². The number of nitrogens with zero attached hydrogens (tertiary/aromatic N) is 2. The van der Waals surface area contributed by atoms with Crippen LogP contribution in [0.2, 0.25) is 5.02 Å². The van der Waals surface area contributed by atoms with Gasteiger partial charge in [0.15, 0.2) is 6.79 Å². The Morgan fingerprint density at radius 3 is 2.91 bits per heavy atom. The maximum absolute atomic E-state index is 13.3. The van der Waals surface area contributed by atoms with Gasteiger partial charge in [0.25, 0.3) is 11.2 Å². The molecule has 1 aliphatic rings. The first-order valence-electron chi connectivity index (χ1n) is 10.2.